The quantitative estimate of drug-likeness (QED) is 0.934. The highest BCUT2D eigenvalue weighted by molar-refractivity contribution is 6.31. The second-order valence-electron chi connectivity index (χ2n) is 5.42. The van der Waals surface area contributed by atoms with Crippen LogP contribution in [0.15, 0.2) is 18.2 Å². The zero-order valence-corrected chi connectivity index (χ0v) is 12.7. The Kier molecular flexibility index (Phi) is 4.81. The molecule has 0 spiro atoms. The maximum absolute atomic E-state index is 13.3. The lowest BCUT2D eigenvalue weighted by Gasteiger charge is -2.29. The standard InChI is InChI=1S/C15H17ClFN3O/c1-9(2)20(11-3-4-13(17)12(16)6-11)15(21)14-5-10(7-18)8-19-14/h3-4,6,9-10,14,19H,5,8H2,1-2H3/t10-,14+/m1/s1. The maximum atomic E-state index is 13.3. The van der Waals surface area contributed by atoms with Gasteiger partial charge in [0, 0.05) is 18.3 Å². The Morgan fingerprint density at radius 3 is 2.81 bits per heavy atom. The first-order chi connectivity index (χ1) is 9.93. The molecule has 1 heterocycles. The Bertz CT molecular complexity index is 585. The molecule has 0 saturated carbocycles. The summed E-state index contributed by atoms with van der Waals surface area (Å²) in [7, 11) is 0. The molecule has 1 fully saturated rings. The van der Waals surface area contributed by atoms with Gasteiger partial charge in [-0.05, 0) is 38.5 Å². The fourth-order valence-corrected chi connectivity index (χ4v) is 2.68. The van der Waals surface area contributed by atoms with E-state index in [1.807, 2.05) is 13.8 Å². The summed E-state index contributed by atoms with van der Waals surface area (Å²) in [6.45, 7) is 4.28. The number of nitriles is 1. The number of halogens is 2. The van der Waals surface area contributed by atoms with Crippen molar-refractivity contribution in [1.29, 1.82) is 5.26 Å². The largest absolute Gasteiger partial charge is 0.309 e. The van der Waals surface area contributed by atoms with Crippen LogP contribution in [-0.4, -0.2) is 24.5 Å². The molecule has 1 aromatic rings. The highest BCUT2D eigenvalue weighted by Crippen LogP contribution is 2.26. The second kappa shape index (κ2) is 6.42. The average molecular weight is 310 g/mol. The molecule has 0 unspecified atom stereocenters. The van der Waals surface area contributed by atoms with Crippen LogP contribution >= 0.6 is 11.6 Å². The predicted molar refractivity (Wildman–Crippen MR) is 79.5 cm³/mol. The Labute approximate surface area is 128 Å². The first-order valence-electron chi connectivity index (χ1n) is 6.85. The van der Waals surface area contributed by atoms with Gasteiger partial charge in [-0.1, -0.05) is 11.6 Å². The molecule has 0 aromatic heterocycles. The molecule has 2 rings (SSSR count). The van der Waals surface area contributed by atoms with Crippen molar-refractivity contribution >= 4 is 23.2 Å². The van der Waals surface area contributed by atoms with Crippen molar-refractivity contribution in [2.24, 2.45) is 5.92 Å². The van der Waals surface area contributed by atoms with E-state index < -0.39 is 5.82 Å². The third-order valence-corrected chi connectivity index (χ3v) is 3.84. The van der Waals surface area contributed by atoms with Gasteiger partial charge < -0.3 is 10.2 Å². The average Bonchev–Trinajstić information content (AvgIpc) is 2.91. The van der Waals surface area contributed by atoms with Crippen LogP contribution in [0.4, 0.5) is 10.1 Å². The summed E-state index contributed by atoms with van der Waals surface area (Å²) >= 11 is 5.80. The summed E-state index contributed by atoms with van der Waals surface area (Å²) in [5.41, 5.74) is 0.559. The molecule has 21 heavy (non-hydrogen) atoms. The zero-order chi connectivity index (χ0) is 15.6. The molecule has 4 nitrogen and oxygen atoms in total. The number of benzene rings is 1. The normalized spacial score (nSPS) is 21.3. The lowest BCUT2D eigenvalue weighted by molar-refractivity contribution is -0.120. The first-order valence-corrected chi connectivity index (χ1v) is 7.23. The highest BCUT2D eigenvalue weighted by Gasteiger charge is 2.34. The number of anilines is 1. The molecule has 1 amide bonds. The lowest BCUT2D eigenvalue weighted by atomic mass is 10.1. The van der Waals surface area contributed by atoms with Crippen LogP contribution < -0.4 is 10.2 Å². The van der Waals surface area contributed by atoms with Gasteiger partial charge in [0.1, 0.15) is 5.82 Å². The molecule has 1 N–H and O–H groups in total. The van der Waals surface area contributed by atoms with Gasteiger partial charge >= 0.3 is 0 Å². The van der Waals surface area contributed by atoms with Crippen LogP contribution in [0.2, 0.25) is 5.02 Å². The van der Waals surface area contributed by atoms with Crippen molar-refractivity contribution in [2.75, 3.05) is 11.4 Å². The third kappa shape index (κ3) is 3.34. The Morgan fingerprint density at radius 1 is 1.57 bits per heavy atom. The minimum absolute atomic E-state index is 0.0137. The lowest BCUT2D eigenvalue weighted by Crippen LogP contribution is -2.47. The van der Waals surface area contributed by atoms with Gasteiger partial charge in [-0.3, -0.25) is 4.79 Å². The van der Waals surface area contributed by atoms with Crippen molar-refractivity contribution < 1.29 is 9.18 Å². The number of nitrogens with zero attached hydrogens (tertiary/aromatic N) is 2. The van der Waals surface area contributed by atoms with Gasteiger partial charge in [-0.15, -0.1) is 0 Å². The number of nitrogens with one attached hydrogen (secondary N) is 1. The topological polar surface area (TPSA) is 56.1 Å². The van der Waals surface area contributed by atoms with Crippen molar-refractivity contribution in [3.8, 4) is 6.07 Å². The third-order valence-electron chi connectivity index (χ3n) is 3.55. The minimum Gasteiger partial charge on any atom is -0.309 e. The van der Waals surface area contributed by atoms with E-state index in [0.717, 1.165) is 0 Å². The monoisotopic (exact) mass is 309 g/mol. The molecule has 0 aliphatic carbocycles. The minimum atomic E-state index is -0.514. The van der Waals surface area contributed by atoms with Crippen LogP contribution in [-0.2, 0) is 4.79 Å². The van der Waals surface area contributed by atoms with E-state index in [1.165, 1.54) is 18.2 Å². The van der Waals surface area contributed by atoms with Gasteiger partial charge in [-0.25, -0.2) is 4.39 Å². The molecule has 1 aliphatic rings. The molecule has 0 radical (unpaired) electrons. The van der Waals surface area contributed by atoms with Crippen molar-refractivity contribution in [3.63, 3.8) is 0 Å². The molecule has 1 saturated heterocycles. The Balaban J connectivity index is 2.25. The summed E-state index contributed by atoms with van der Waals surface area (Å²) in [5.74, 6) is -0.782. The van der Waals surface area contributed by atoms with Crippen LogP contribution in [0.25, 0.3) is 0 Å². The van der Waals surface area contributed by atoms with E-state index in [1.54, 1.807) is 4.90 Å². The first kappa shape index (κ1) is 15.7. The molecule has 2 atom stereocenters. The molecule has 1 aliphatic heterocycles. The fraction of sp³-hybridized carbons (Fsp3) is 0.467. The summed E-state index contributed by atoms with van der Waals surface area (Å²) in [5, 5.41) is 12.0. The van der Waals surface area contributed by atoms with Gasteiger partial charge in [0.15, 0.2) is 0 Å². The van der Waals surface area contributed by atoms with Gasteiger partial charge in [0.2, 0.25) is 5.91 Å². The number of amides is 1. The van der Waals surface area contributed by atoms with Crippen LogP contribution in [0, 0.1) is 23.1 Å². The van der Waals surface area contributed by atoms with Crippen LogP contribution in [0.1, 0.15) is 20.3 Å². The summed E-state index contributed by atoms with van der Waals surface area (Å²) in [6.07, 6.45) is 0.494. The smallest absolute Gasteiger partial charge is 0.244 e. The summed E-state index contributed by atoms with van der Waals surface area (Å²) in [4.78, 5) is 14.2. The summed E-state index contributed by atoms with van der Waals surface area (Å²) in [6, 6.07) is 5.92. The van der Waals surface area contributed by atoms with Crippen LogP contribution in [0.3, 0.4) is 0 Å². The maximum Gasteiger partial charge on any atom is 0.244 e. The second-order valence-corrected chi connectivity index (χ2v) is 5.83. The molecule has 1 aromatic carbocycles. The zero-order valence-electron chi connectivity index (χ0n) is 11.9. The van der Waals surface area contributed by atoms with Crippen molar-refractivity contribution in [1.82, 2.24) is 5.32 Å². The number of hydrogen-bond donors (Lipinski definition) is 1. The number of carbonyl (C=O) groups excluding carboxylic acids is 1. The number of carbonyl (C=O) groups is 1. The van der Waals surface area contributed by atoms with Gasteiger partial charge in [-0.2, -0.15) is 5.26 Å². The van der Waals surface area contributed by atoms with E-state index in [2.05, 4.69) is 11.4 Å². The molecule has 112 valence electrons. The molecular weight excluding hydrogens is 293 g/mol. The molecular formula is C15H17ClFN3O. The predicted octanol–water partition coefficient (Wildman–Crippen LogP) is 2.72. The highest BCUT2D eigenvalue weighted by atomic mass is 35.5. The van der Waals surface area contributed by atoms with E-state index >= 15 is 0 Å². The molecule has 6 heteroatoms. The van der Waals surface area contributed by atoms with E-state index in [-0.39, 0.29) is 28.9 Å². The van der Waals surface area contributed by atoms with E-state index in [4.69, 9.17) is 16.9 Å². The van der Waals surface area contributed by atoms with Gasteiger partial charge in [0.05, 0.1) is 23.1 Å². The number of rotatable bonds is 3. The van der Waals surface area contributed by atoms with Crippen molar-refractivity contribution in [3.05, 3.63) is 29.0 Å². The van der Waals surface area contributed by atoms with Crippen molar-refractivity contribution in [2.45, 2.75) is 32.4 Å². The van der Waals surface area contributed by atoms with E-state index in [0.29, 0.717) is 18.7 Å². The fourth-order valence-electron chi connectivity index (χ4n) is 2.50. The van der Waals surface area contributed by atoms with Crippen LogP contribution in [0.5, 0.6) is 0 Å². The Morgan fingerprint density at radius 2 is 2.29 bits per heavy atom. The number of hydrogen-bond acceptors (Lipinski definition) is 3. The summed E-state index contributed by atoms with van der Waals surface area (Å²) < 4.78 is 13.3. The van der Waals surface area contributed by atoms with E-state index in [9.17, 15) is 9.18 Å². The Hall–Kier alpha value is -1.64. The molecule has 0 bridgehead atoms. The van der Waals surface area contributed by atoms with Gasteiger partial charge in [0.25, 0.3) is 0 Å². The SMILES string of the molecule is CC(C)N(C(=O)[C@@H]1C[C@H](C#N)CN1)c1ccc(F)c(Cl)c1.